The Morgan fingerprint density at radius 3 is 2.71 bits per heavy atom. The average Bonchev–Trinajstić information content (AvgIpc) is 3.71. The van der Waals surface area contributed by atoms with Crippen LogP contribution in [0, 0.1) is 18.2 Å². The van der Waals surface area contributed by atoms with Gasteiger partial charge in [0.15, 0.2) is 5.82 Å². The average molecular weight is 636 g/mol. The van der Waals surface area contributed by atoms with E-state index in [0.717, 1.165) is 36.8 Å². The molecule has 0 saturated carbocycles. The number of halogens is 2. The largest absolute Gasteiger partial charge is 0.462 e. The number of hydrogen-bond acceptors (Lipinski definition) is 8. The van der Waals surface area contributed by atoms with E-state index < -0.39 is 11.4 Å². The highest BCUT2D eigenvalue weighted by Gasteiger charge is 2.51. The number of amides is 1. The van der Waals surface area contributed by atoms with Crippen molar-refractivity contribution in [3.8, 4) is 17.1 Å². The molecular formula is C33H39ClFN7O3. The van der Waals surface area contributed by atoms with Gasteiger partial charge in [-0.15, -0.1) is 0 Å². The number of nitrogens with one attached hydrogen (secondary N) is 1. The number of benzene rings is 2. The fraction of sp³-hybridized carbons (Fsp3) is 0.515. The van der Waals surface area contributed by atoms with E-state index in [4.69, 9.17) is 26.1 Å². The smallest absolute Gasteiger partial charge is 0.410 e. The zero-order chi connectivity index (χ0) is 31.7. The second-order valence-corrected chi connectivity index (χ2v) is 14.4. The van der Waals surface area contributed by atoms with Gasteiger partial charge in [0.25, 0.3) is 0 Å². The summed E-state index contributed by atoms with van der Waals surface area (Å²) in [7, 11) is 2.09. The van der Waals surface area contributed by atoms with Crippen LogP contribution in [0.25, 0.3) is 32.9 Å². The first-order valence-electron chi connectivity index (χ1n) is 15.6. The molecule has 2 aromatic heterocycles. The molecule has 1 unspecified atom stereocenters. The highest BCUT2D eigenvalue weighted by atomic mass is 35.5. The first-order chi connectivity index (χ1) is 21.4. The van der Waals surface area contributed by atoms with Crippen LogP contribution >= 0.6 is 11.6 Å². The van der Waals surface area contributed by atoms with E-state index in [-0.39, 0.29) is 39.7 Å². The number of hydrogen-bond donors (Lipinski definition) is 1. The van der Waals surface area contributed by atoms with E-state index in [0.29, 0.717) is 55.1 Å². The molecule has 238 valence electrons. The molecule has 1 N–H and O–H groups in total. The maximum atomic E-state index is 16.8. The summed E-state index contributed by atoms with van der Waals surface area (Å²) in [6.45, 7) is 11.5. The molecule has 0 aliphatic carbocycles. The summed E-state index contributed by atoms with van der Waals surface area (Å²) in [5.74, 6) is 0.0639. The Morgan fingerprint density at radius 1 is 1.18 bits per heavy atom. The molecule has 1 spiro atoms. The Bertz CT molecular complexity index is 1800. The number of ether oxygens (including phenoxy) is 2. The maximum absolute atomic E-state index is 16.8. The zero-order valence-corrected chi connectivity index (χ0v) is 27.2. The van der Waals surface area contributed by atoms with Crippen LogP contribution < -0.4 is 9.64 Å². The number of likely N-dealkylation sites (tertiary alicyclic amines) is 2. The van der Waals surface area contributed by atoms with Crippen molar-refractivity contribution in [3.63, 3.8) is 0 Å². The molecule has 5 heterocycles. The molecule has 3 fully saturated rings. The predicted molar refractivity (Wildman–Crippen MR) is 173 cm³/mol. The van der Waals surface area contributed by atoms with Crippen LogP contribution in [-0.2, 0) is 4.74 Å². The van der Waals surface area contributed by atoms with Gasteiger partial charge < -0.3 is 24.2 Å². The van der Waals surface area contributed by atoms with Gasteiger partial charge in [0.2, 0.25) is 0 Å². The molecule has 3 aliphatic rings. The van der Waals surface area contributed by atoms with Crippen molar-refractivity contribution < 1.29 is 18.7 Å². The number of nitrogens with zero attached hydrogens (tertiary/aromatic N) is 6. The number of likely N-dealkylation sites (N-methyl/N-ethyl adjacent to an activating group) is 1. The van der Waals surface area contributed by atoms with Gasteiger partial charge in [-0.2, -0.15) is 15.1 Å². The lowest BCUT2D eigenvalue weighted by atomic mass is 9.79. The third-order valence-electron chi connectivity index (χ3n) is 9.44. The Balaban J connectivity index is 1.26. The van der Waals surface area contributed by atoms with E-state index in [9.17, 15) is 4.79 Å². The van der Waals surface area contributed by atoms with Crippen LogP contribution in [0.3, 0.4) is 0 Å². The van der Waals surface area contributed by atoms with Crippen molar-refractivity contribution in [1.29, 1.82) is 0 Å². The summed E-state index contributed by atoms with van der Waals surface area (Å²) in [4.78, 5) is 28.3. The van der Waals surface area contributed by atoms with E-state index in [1.165, 1.54) is 0 Å². The second-order valence-electron chi connectivity index (χ2n) is 14.0. The van der Waals surface area contributed by atoms with Crippen molar-refractivity contribution in [2.24, 2.45) is 5.41 Å². The first kappa shape index (κ1) is 30.0. The van der Waals surface area contributed by atoms with Crippen molar-refractivity contribution in [3.05, 3.63) is 40.8 Å². The predicted octanol–water partition coefficient (Wildman–Crippen LogP) is 6.19. The van der Waals surface area contributed by atoms with Gasteiger partial charge in [-0.1, -0.05) is 23.7 Å². The highest BCUT2D eigenvalue weighted by molar-refractivity contribution is 6.35. The maximum Gasteiger partial charge on any atom is 0.410 e. The molecule has 4 aromatic rings. The number of rotatable bonds is 5. The highest BCUT2D eigenvalue weighted by Crippen LogP contribution is 2.45. The van der Waals surface area contributed by atoms with Gasteiger partial charge in [0, 0.05) is 59.5 Å². The zero-order valence-electron chi connectivity index (χ0n) is 26.4. The molecule has 1 atom stereocenters. The van der Waals surface area contributed by atoms with Crippen LogP contribution in [0.15, 0.2) is 24.4 Å². The van der Waals surface area contributed by atoms with Crippen LogP contribution in [0.1, 0.15) is 45.6 Å². The van der Waals surface area contributed by atoms with Gasteiger partial charge >= 0.3 is 12.1 Å². The van der Waals surface area contributed by atoms with Crippen molar-refractivity contribution in [2.45, 2.75) is 58.6 Å². The minimum absolute atomic E-state index is 0.0859. The van der Waals surface area contributed by atoms with Gasteiger partial charge in [-0.05, 0) is 72.2 Å². The van der Waals surface area contributed by atoms with E-state index in [1.807, 2.05) is 39.8 Å². The fourth-order valence-electron chi connectivity index (χ4n) is 7.09. The number of aryl methyl sites for hydroxylation is 1. The summed E-state index contributed by atoms with van der Waals surface area (Å²) in [6.07, 6.45) is 4.43. The van der Waals surface area contributed by atoms with E-state index in [2.05, 4.69) is 32.0 Å². The summed E-state index contributed by atoms with van der Waals surface area (Å²) < 4.78 is 28.6. The van der Waals surface area contributed by atoms with Gasteiger partial charge in [0.05, 0.1) is 16.7 Å². The molecule has 12 heteroatoms. The van der Waals surface area contributed by atoms with Gasteiger partial charge in [-0.3, -0.25) is 5.10 Å². The topological polar surface area (TPSA) is 99.7 Å². The van der Waals surface area contributed by atoms with Crippen molar-refractivity contribution in [1.82, 2.24) is 30.0 Å². The van der Waals surface area contributed by atoms with Crippen LogP contribution in [0.5, 0.6) is 6.01 Å². The molecule has 3 saturated heterocycles. The molecule has 0 radical (unpaired) electrons. The van der Waals surface area contributed by atoms with E-state index in [1.54, 1.807) is 17.2 Å². The Morgan fingerprint density at radius 2 is 1.98 bits per heavy atom. The monoisotopic (exact) mass is 635 g/mol. The summed E-state index contributed by atoms with van der Waals surface area (Å²) in [5.41, 5.74) is 2.03. The Labute approximate surface area is 266 Å². The normalized spacial score (nSPS) is 20.0. The SMILES string of the molecule is Cc1ccc2cn[nH]c2c1-c1c(Cl)cc2c(N3CCC4(CN(C(=O)OC(C)(C)C)C4)C3)nc(OCC3CCCN3C)nc2c1F. The standard InChI is InChI=1S/C33H39ClFN7O3/c1-19-8-9-20-14-36-39-27(20)24(19)25-23(34)13-22-28(26(25)35)37-30(44-15-21-7-6-11-40(21)5)38-29(22)41-12-10-33(16-41)17-42(18-33)31(43)45-32(2,3)4/h8-9,13-14,21H,6-7,10-12,15-18H2,1-5H3,(H,36,39). The molecular weight excluding hydrogens is 597 g/mol. The Hall–Kier alpha value is -3.70. The van der Waals surface area contributed by atoms with Gasteiger partial charge in [-0.25, -0.2) is 9.18 Å². The van der Waals surface area contributed by atoms with Gasteiger partial charge in [0.1, 0.15) is 23.5 Å². The number of aromatic nitrogens is 4. The first-order valence-corrected chi connectivity index (χ1v) is 16.0. The number of aromatic amines is 1. The summed E-state index contributed by atoms with van der Waals surface area (Å²) >= 11 is 6.92. The summed E-state index contributed by atoms with van der Waals surface area (Å²) in [6, 6.07) is 6.06. The Kier molecular flexibility index (Phi) is 7.31. The molecule has 45 heavy (non-hydrogen) atoms. The molecule has 0 bridgehead atoms. The third-order valence-corrected chi connectivity index (χ3v) is 9.73. The molecule has 1 amide bonds. The van der Waals surface area contributed by atoms with Crippen LogP contribution in [-0.4, -0.2) is 94.1 Å². The third kappa shape index (κ3) is 5.43. The lowest BCUT2D eigenvalue weighted by Crippen LogP contribution is -2.60. The molecule has 7 rings (SSSR count). The minimum atomic E-state index is -0.547. The van der Waals surface area contributed by atoms with Crippen LogP contribution in [0.2, 0.25) is 5.02 Å². The summed E-state index contributed by atoms with van der Waals surface area (Å²) in [5, 5.41) is 8.86. The molecule has 2 aromatic carbocycles. The van der Waals surface area contributed by atoms with E-state index >= 15 is 4.39 Å². The fourth-order valence-corrected chi connectivity index (χ4v) is 7.37. The lowest BCUT2D eigenvalue weighted by Gasteiger charge is -2.47. The van der Waals surface area contributed by atoms with Crippen LogP contribution in [0.4, 0.5) is 15.0 Å². The number of fused-ring (bicyclic) bond motifs is 2. The number of carbonyl (C=O) groups is 1. The van der Waals surface area contributed by atoms with Crippen molar-refractivity contribution in [2.75, 3.05) is 51.3 Å². The van der Waals surface area contributed by atoms with Crippen molar-refractivity contribution >= 4 is 45.3 Å². The lowest BCUT2D eigenvalue weighted by molar-refractivity contribution is -0.0266. The second kappa shape index (κ2) is 11.0. The number of carbonyl (C=O) groups excluding carboxylic acids is 1. The molecule has 10 nitrogen and oxygen atoms in total. The minimum Gasteiger partial charge on any atom is -0.462 e. The number of H-pyrrole nitrogens is 1. The number of anilines is 1. The molecule has 3 aliphatic heterocycles. The quantitative estimate of drug-likeness (QED) is 0.277.